The molecule has 0 unspecified atom stereocenters. The van der Waals surface area contributed by atoms with Crippen LogP contribution < -0.4 is 10.3 Å². The second-order valence-electron chi connectivity index (χ2n) is 6.54. The number of aromatic nitrogens is 4. The van der Waals surface area contributed by atoms with E-state index in [-0.39, 0.29) is 11.2 Å². The third-order valence-corrected chi connectivity index (χ3v) is 5.43. The van der Waals surface area contributed by atoms with Gasteiger partial charge < -0.3 is 4.74 Å². The molecule has 0 N–H and O–H groups in total. The molecule has 9 nitrogen and oxygen atoms in total. The highest BCUT2D eigenvalue weighted by Gasteiger charge is 2.16. The number of benzene rings is 2. The zero-order chi connectivity index (χ0) is 21.1. The molecule has 0 aliphatic rings. The number of non-ortho nitro benzene ring substituents is 1. The summed E-state index contributed by atoms with van der Waals surface area (Å²) < 4.78 is 9.18. The fourth-order valence-corrected chi connectivity index (χ4v) is 3.99. The maximum atomic E-state index is 12.8. The molecule has 4 rings (SSSR count). The standard InChI is InChI=1S/C20H19N5O4S/c1-2-10-23-18(26)16-8-3-4-9-17(16)24-19(23)21-22-20(24)30-12-11-29-15-7-5-6-14(13-15)25(27)28/h3-9,13H,2,10-12H2,1H3. The third-order valence-electron chi connectivity index (χ3n) is 4.54. The number of nitro groups is 1. The summed E-state index contributed by atoms with van der Waals surface area (Å²) in [5.41, 5.74) is 0.679. The molecule has 0 atom stereocenters. The van der Waals surface area contributed by atoms with Crippen molar-refractivity contribution < 1.29 is 9.66 Å². The molecular weight excluding hydrogens is 406 g/mol. The first-order valence-corrected chi connectivity index (χ1v) is 10.5. The lowest BCUT2D eigenvalue weighted by atomic mass is 10.2. The summed E-state index contributed by atoms with van der Waals surface area (Å²) in [6, 6.07) is 13.5. The monoisotopic (exact) mass is 425 g/mol. The number of ether oxygens (including phenoxy) is 1. The molecule has 30 heavy (non-hydrogen) atoms. The summed E-state index contributed by atoms with van der Waals surface area (Å²) in [5.74, 6) is 1.52. The quantitative estimate of drug-likeness (QED) is 0.184. The van der Waals surface area contributed by atoms with Crippen molar-refractivity contribution in [3.05, 3.63) is 69.0 Å². The summed E-state index contributed by atoms with van der Waals surface area (Å²) in [5, 5.41) is 20.7. The van der Waals surface area contributed by atoms with Gasteiger partial charge in [0.1, 0.15) is 5.75 Å². The molecule has 0 radical (unpaired) electrons. The van der Waals surface area contributed by atoms with Crippen molar-refractivity contribution in [2.75, 3.05) is 12.4 Å². The molecule has 10 heteroatoms. The molecule has 0 saturated carbocycles. The number of hydrogen-bond donors (Lipinski definition) is 0. The molecule has 0 amide bonds. The van der Waals surface area contributed by atoms with Crippen LogP contribution in [0.5, 0.6) is 5.75 Å². The van der Waals surface area contributed by atoms with Crippen molar-refractivity contribution in [2.24, 2.45) is 0 Å². The van der Waals surface area contributed by atoms with Gasteiger partial charge in [-0.2, -0.15) is 0 Å². The van der Waals surface area contributed by atoms with Crippen molar-refractivity contribution in [3.8, 4) is 5.75 Å². The van der Waals surface area contributed by atoms with E-state index in [0.717, 1.165) is 11.9 Å². The normalized spacial score (nSPS) is 11.2. The maximum absolute atomic E-state index is 12.8. The third kappa shape index (κ3) is 3.73. The van der Waals surface area contributed by atoms with E-state index in [1.54, 1.807) is 16.7 Å². The van der Waals surface area contributed by atoms with E-state index >= 15 is 0 Å². The second-order valence-corrected chi connectivity index (χ2v) is 7.61. The Balaban J connectivity index is 1.57. The van der Waals surface area contributed by atoms with E-state index in [9.17, 15) is 14.9 Å². The van der Waals surface area contributed by atoms with E-state index in [1.807, 2.05) is 35.6 Å². The summed E-state index contributed by atoms with van der Waals surface area (Å²) in [4.78, 5) is 23.3. The highest BCUT2D eigenvalue weighted by Crippen LogP contribution is 2.23. The zero-order valence-corrected chi connectivity index (χ0v) is 17.0. The minimum Gasteiger partial charge on any atom is -0.492 e. The Morgan fingerprint density at radius 3 is 2.80 bits per heavy atom. The molecule has 154 valence electrons. The molecule has 0 aliphatic heterocycles. The number of thioether (sulfide) groups is 1. The van der Waals surface area contributed by atoms with Gasteiger partial charge in [-0.05, 0) is 24.6 Å². The molecule has 0 bridgehead atoms. The zero-order valence-electron chi connectivity index (χ0n) is 16.2. The van der Waals surface area contributed by atoms with Crippen molar-refractivity contribution in [2.45, 2.75) is 25.0 Å². The SMILES string of the molecule is CCCn1c(=O)c2ccccc2n2c(SCCOc3cccc([N+](=O)[O-])c3)nnc12. The van der Waals surface area contributed by atoms with Gasteiger partial charge in [0.25, 0.3) is 11.2 Å². The van der Waals surface area contributed by atoms with Gasteiger partial charge in [-0.1, -0.05) is 36.9 Å². The van der Waals surface area contributed by atoms with E-state index < -0.39 is 4.92 Å². The fourth-order valence-electron chi connectivity index (χ4n) is 3.23. The number of para-hydroxylation sites is 1. The van der Waals surface area contributed by atoms with Crippen LogP contribution in [0.4, 0.5) is 5.69 Å². The molecule has 0 saturated heterocycles. The fraction of sp³-hybridized carbons (Fsp3) is 0.250. The Morgan fingerprint density at radius 2 is 2.00 bits per heavy atom. The number of aryl methyl sites for hydroxylation is 1. The number of nitrogens with zero attached hydrogens (tertiary/aromatic N) is 5. The Hall–Kier alpha value is -3.40. The van der Waals surface area contributed by atoms with Crippen molar-refractivity contribution >= 4 is 34.1 Å². The predicted octanol–water partition coefficient (Wildman–Crippen LogP) is 3.53. The van der Waals surface area contributed by atoms with Crippen LogP contribution in [0, 0.1) is 10.1 Å². The van der Waals surface area contributed by atoms with Gasteiger partial charge in [-0.15, -0.1) is 10.2 Å². The van der Waals surface area contributed by atoms with Gasteiger partial charge in [-0.25, -0.2) is 0 Å². The van der Waals surface area contributed by atoms with Crippen molar-refractivity contribution in [3.63, 3.8) is 0 Å². The minimum absolute atomic E-state index is 0.0102. The van der Waals surface area contributed by atoms with E-state index in [2.05, 4.69) is 10.2 Å². The minimum atomic E-state index is -0.453. The van der Waals surface area contributed by atoms with E-state index in [1.165, 1.54) is 23.9 Å². The number of rotatable bonds is 8. The van der Waals surface area contributed by atoms with Gasteiger partial charge in [0, 0.05) is 18.4 Å². The maximum Gasteiger partial charge on any atom is 0.273 e. The average Bonchev–Trinajstić information content (AvgIpc) is 3.18. The van der Waals surface area contributed by atoms with Crippen LogP contribution >= 0.6 is 11.8 Å². The molecule has 2 aromatic carbocycles. The molecule has 0 aliphatic carbocycles. The van der Waals surface area contributed by atoms with Crippen LogP contribution in [0.3, 0.4) is 0 Å². The summed E-state index contributed by atoms with van der Waals surface area (Å²) in [6.07, 6.45) is 0.806. The molecule has 0 fully saturated rings. The highest BCUT2D eigenvalue weighted by molar-refractivity contribution is 7.99. The van der Waals surface area contributed by atoms with Crippen LogP contribution in [0.2, 0.25) is 0 Å². The topological polar surface area (TPSA) is 105 Å². The lowest BCUT2D eigenvalue weighted by Gasteiger charge is -2.10. The average molecular weight is 425 g/mol. The van der Waals surface area contributed by atoms with E-state index in [0.29, 0.717) is 41.0 Å². The summed E-state index contributed by atoms with van der Waals surface area (Å²) in [6.45, 7) is 2.91. The highest BCUT2D eigenvalue weighted by atomic mass is 32.2. The Morgan fingerprint density at radius 1 is 1.17 bits per heavy atom. The Kier molecular flexibility index (Phi) is 5.66. The van der Waals surface area contributed by atoms with Gasteiger partial charge in [0.05, 0.1) is 28.5 Å². The Bertz CT molecular complexity index is 1280. The van der Waals surface area contributed by atoms with E-state index in [4.69, 9.17) is 4.74 Å². The Labute approximate surface area is 175 Å². The van der Waals surface area contributed by atoms with Crippen LogP contribution in [-0.4, -0.2) is 36.4 Å². The first kappa shape index (κ1) is 19.9. The lowest BCUT2D eigenvalue weighted by molar-refractivity contribution is -0.384. The van der Waals surface area contributed by atoms with Crippen LogP contribution in [0.25, 0.3) is 16.7 Å². The van der Waals surface area contributed by atoms with Gasteiger partial charge in [-0.3, -0.25) is 23.9 Å². The molecule has 2 aromatic heterocycles. The molecule has 0 spiro atoms. The molecule has 2 heterocycles. The first-order chi connectivity index (χ1) is 14.6. The molecular formula is C20H19N5O4S. The number of nitro benzene ring substituents is 1. The predicted molar refractivity (Wildman–Crippen MR) is 114 cm³/mol. The van der Waals surface area contributed by atoms with Crippen molar-refractivity contribution in [1.82, 2.24) is 19.2 Å². The smallest absolute Gasteiger partial charge is 0.273 e. The van der Waals surface area contributed by atoms with Gasteiger partial charge in [0.2, 0.25) is 5.78 Å². The van der Waals surface area contributed by atoms with Gasteiger partial charge in [0.15, 0.2) is 5.16 Å². The van der Waals surface area contributed by atoms with Crippen molar-refractivity contribution in [1.29, 1.82) is 0 Å². The first-order valence-electron chi connectivity index (χ1n) is 9.47. The lowest BCUT2D eigenvalue weighted by Crippen LogP contribution is -2.23. The largest absolute Gasteiger partial charge is 0.492 e. The van der Waals surface area contributed by atoms with Gasteiger partial charge >= 0.3 is 0 Å². The number of fused-ring (bicyclic) bond motifs is 3. The van der Waals surface area contributed by atoms with Crippen LogP contribution in [0.15, 0.2) is 58.5 Å². The van der Waals surface area contributed by atoms with Crippen LogP contribution in [-0.2, 0) is 6.54 Å². The molecule has 4 aromatic rings. The second kappa shape index (κ2) is 8.54. The summed E-state index contributed by atoms with van der Waals surface area (Å²) in [7, 11) is 0. The number of hydrogen-bond acceptors (Lipinski definition) is 7. The van der Waals surface area contributed by atoms with Crippen LogP contribution in [0.1, 0.15) is 13.3 Å². The summed E-state index contributed by atoms with van der Waals surface area (Å²) >= 11 is 1.45.